The van der Waals surface area contributed by atoms with Crippen LogP contribution in [0.5, 0.6) is 0 Å². The fourth-order valence-electron chi connectivity index (χ4n) is 40.5. The van der Waals surface area contributed by atoms with Gasteiger partial charge in [-0.3, -0.25) is 14.7 Å². The molecule has 3 aromatic rings. The van der Waals surface area contributed by atoms with Gasteiger partial charge in [0, 0.05) is 94.5 Å². The molecule has 16 nitrogen and oxygen atoms in total. The number of halogens is 4. The summed E-state index contributed by atoms with van der Waals surface area (Å²) < 4.78 is 65.9. The zero-order valence-corrected chi connectivity index (χ0v) is 98.4. The molecule has 0 unspecified atom stereocenters. The Morgan fingerprint density at radius 3 is 1.09 bits per heavy atom. The second-order valence-corrected chi connectivity index (χ2v) is 55.2. The van der Waals surface area contributed by atoms with E-state index in [1.165, 1.54) is 207 Å². The molecule has 3 aromatic carbocycles. The van der Waals surface area contributed by atoms with Crippen LogP contribution in [0.15, 0.2) is 109 Å². The maximum Gasteiger partial charge on any atom is 1.00 e. The number of benzene rings is 3. The number of carbonyl (C=O) groups excluding carboxylic acids is 3. The number of methoxy groups -OCH3 is 1. The molecule has 3 saturated heterocycles. The van der Waals surface area contributed by atoms with E-state index in [1.54, 1.807) is 18.2 Å². The maximum absolute atomic E-state index is 15.2. The number of carboxylic acid groups (broad SMARTS) is 1. The number of fused-ring (bicyclic) bond motifs is 21. The smallest absolute Gasteiger partial charge is 0.870 e. The van der Waals surface area contributed by atoms with Crippen LogP contribution in [0, 0.1) is 178 Å². The number of carboxylic acids is 1. The average molecular weight is 2090 g/mol. The Morgan fingerprint density at radius 2 is 0.758 bits per heavy atom. The number of esters is 1. The molecule has 0 aromatic heterocycles. The molecule has 820 valence electrons. The van der Waals surface area contributed by atoms with Crippen molar-refractivity contribution >= 4 is 46.4 Å². The van der Waals surface area contributed by atoms with E-state index < -0.39 is 23.6 Å². The minimum absolute atomic E-state index is 0. The third-order valence-electron chi connectivity index (χ3n) is 48.2. The quantitative estimate of drug-likeness (QED) is 0.0403. The summed E-state index contributed by atoms with van der Waals surface area (Å²) in [4.78, 5) is 47.3. The zero-order valence-electron chi connectivity index (χ0n) is 95.6. The number of nitrogens with two attached hydrogens (primary N) is 1. The van der Waals surface area contributed by atoms with Crippen LogP contribution in [0.3, 0.4) is 0 Å². The van der Waals surface area contributed by atoms with Gasteiger partial charge in [-0.25, -0.2) is 22.8 Å². The molecule has 149 heavy (non-hydrogen) atoms. The van der Waals surface area contributed by atoms with Gasteiger partial charge in [0.15, 0.2) is 0 Å². The predicted octanol–water partition coefficient (Wildman–Crippen LogP) is 24.1. The van der Waals surface area contributed by atoms with Gasteiger partial charge in [0.2, 0.25) is 0 Å². The molecule has 15 aliphatic carbocycles. The molecule has 21 heteroatoms. The fourth-order valence-corrected chi connectivity index (χ4v) is 40.7. The van der Waals surface area contributed by atoms with E-state index in [0.29, 0.717) is 99.1 Å². The van der Waals surface area contributed by atoms with E-state index in [1.807, 2.05) is 25.1 Å². The van der Waals surface area contributed by atoms with Crippen molar-refractivity contribution in [2.45, 2.75) is 322 Å². The maximum atomic E-state index is 15.2. The molecule has 6 N–H and O–H groups in total. The summed E-state index contributed by atoms with van der Waals surface area (Å²) in [5, 5.41) is 18.0. The monoisotopic (exact) mass is 2090 g/mol. The molecule has 21 rings (SSSR count). The van der Waals surface area contributed by atoms with E-state index in [9.17, 15) is 23.5 Å². The van der Waals surface area contributed by atoms with E-state index >= 15 is 4.39 Å². The first-order chi connectivity index (χ1) is 69.4. The standard InChI is InChI=1S/C43H63FN2O3.C42H61FN2O3.C36H52FN.C6H12ClNO.CO2.Na.H2O/c1-28(2)30-13-18-43(45-21-22-46-23-25-49-26-24-46)20-19-41(6)33(37(30)43)11-12-36-40(5)16-14-32(39(3,4)35(40)15-17-42(36,41)7)29-9-10-31(34(44)27-29)38(47)48-8;1-27(2)29-12-17-42(44-20-21-45-22-24-48-25-23-45)19-18-40(6)32(36(29)42)10-11-35-39(5)15-13-31(28-8-9-30(37(46)47)33(43)26-28)38(3,4)34(39)14-16-41(35,40)7;1-22(2)25-13-18-36(38)20-19-34(7)27(31(25)36)11-12-30-33(6)16-14-26(24-10-9-23(3)28(37)21-24)32(4,5)29(33)15-17-35(30,34)8;7-1-2-8-3-5-9-6-4-8;2-1-3;;/h9-10,14,27,30,33,35-37,45H,1,11-13,15-26H2,2-8H3;8-9,13,26,29,32,34-36,44H,1,10-12,14-25H2,2-7H3,(H,46,47);9-10,14,21,25,27,29-31H,1,11-13,15-20,38H2,2-8H3;1-6H2;;;1H2/q;;;;;+1;/p-1/t30-,33+,35-,36+,37+,40-,41+,42+,43-;29-,32+,34-,35+,36+,39-,40+,41+,42-;25-,27+,29-,30+,31+,33-,34+,35+,36-;;;;/m000..../s1. The summed E-state index contributed by atoms with van der Waals surface area (Å²) in [5.41, 5.74) is 21.2. The van der Waals surface area contributed by atoms with Crippen LogP contribution in [0.25, 0.3) is 16.7 Å². The van der Waals surface area contributed by atoms with Crippen LogP contribution in [0.1, 0.15) is 341 Å². The van der Waals surface area contributed by atoms with Gasteiger partial charge in [-0.2, -0.15) is 9.59 Å². The summed E-state index contributed by atoms with van der Waals surface area (Å²) >= 11 is 5.55. The Balaban J connectivity index is 0.000000158. The van der Waals surface area contributed by atoms with Crippen molar-refractivity contribution in [3.63, 3.8) is 0 Å². The van der Waals surface area contributed by atoms with Crippen LogP contribution in [-0.4, -0.2) is 185 Å². The first kappa shape index (κ1) is 118. The molecule has 3 heterocycles. The summed E-state index contributed by atoms with van der Waals surface area (Å²) in [7, 11) is 1.30. The van der Waals surface area contributed by atoms with Gasteiger partial charge in [-0.15, -0.1) is 11.6 Å². The normalized spacial score (nSPS) is 40.7. The third-order valence-corrected chi connectivity index (χ3v) is 48.4. The van der Waals surface area contributed by atoms with Crippen molar-refractivity contribution in [2.75, 3.05) is 125 Å². The number of rotatable bonds is 18. The fraction of sp³-hybridized carbons (Fsp3) is 0.742. The number of hydrogen-bond donors (Lipinski definition) is 4. The van der Waals surface area contributed by atoms with Gasteiger partial charge in [0.1, 0.15) is 17.5 Å². The van der Waals surface area contributed by atoms with Gasteiger partial charge < -0.3 is 45.9 Å². The second kappa shape index (κ2) is 44.8. The number of aryl methyl sites for hydroxylation is 1. The van der Waals surface area contributed by atoms with Gasteiger partial charge in [0.25, 0.3) is 0 Å². The minimum Gasteiger partial charge on any atom is -0.870 e. The minimum atomic E-state index is -1.21. The van der Waals surface area contributed by atoms with E-state index in [0.717, 1.165) is 165 Å². The van der Waals surface area contributed by atoms with E-state index in [2.05, 4.69) is 194 Å². The Morgan fingerprint density at radius 1 is 0.436 bits per heavy atom. The summed E-state index contributed by atoms with van der Waals surface area (Å²) in [5.74, 6) is 7.16. The topological polar surface area (TPSA) is 215 Å². The van der Waals surface area contributed by atoms with E-state index in [-0.39, 0.29) is 123 Å². The van der Waals surface area contributed by atoms with Gasteiger partial charge in [-0.05, 0) is 424 Å². The van der Waals surface area contributed by atoms with Crippen LogP contribution in [0.2, 0.25) is 0 Å². The van der Waals surface area contributed by atoms with E-state index in [4.69, 9.17) is 45.9 Å². The predicted molar refractivity (Wildman–Crippen MR) is 590 cm³/mol. The Labute approximate surface area is 922 Å². The number of nitrogens with zero attached hydrogens (tertiary/aromatic N) is 3. The molecular weight excluding hydrogens is 1900 g/mol. The Kier molecular flexibility index (Phi) is 35.5. The van der Waals surface area contributed by atoms with Crippen LogP contribution in [0.4, 0.5) is 13.2 Å². The number of carbonyl (C=O) groups is 2. The van der Waals surface area contributed by atoms with Crippen molar-refractivity contribution in [1.29, 1.82) is 0 Å². The van der Waals surface area contributed by atoms with Gasteiger partial charge in [-0.1, -0.05) is 183 Å². The van der Waals surface area contributed by atoms with Gasteiger partial charge >= 0.3 is 47.6 Å². The molecule has 0 amide bonds. The average Bonchev–Trinajstić information content (AvgIpc) is 1.66. The van der Waals surface area contributed by atoms with Gasteiger partial charge in [0.05, 0.1) is 57.9 Å². The van der Waals surface area contributed by atoms with Crippen molar-refractivity contribution in [2.24, 2.45) is 159 Å². The third kappa shape index (κ3) is 20.1. The van der Waals surface area contributed by atoms with Crippen molar-refractivity contribution in [3.05, 3.63) is 160 Å². The molecular formula is C128H189ClF3N6NaO10. The second-order valence-electron chi connectivity index (χ2n) is 54.9. The summed E-state index contributed by atoms with van der Waals surface area (Å²) in [6.07, 6.45) is 41.3. The number of alkyl halides is 1. The molecule has 15 fully saturated rings. The molecule has 0 bridgehead atoms. The van der Waals surface area contributed by atoms with Crippen molar-refractivity contribution in [3.8, 4) is 0 Å². The first-order valence-electron chi connectivity index (χ1n) is 57.9. The molecule has 18 aliphatic rings. The number of ether oxygens (including phenoxy) is 4. The SMILES string of the molecule is C=C(C)[C@@H]1CC[C@]2(N)CC[C@]3(C)[C@H](CC[C@@H]4[C@@]5(C)CC=C(c6ccc(C)c(F)c6)C(C)(C)[C@@H]5CC[C@]43C)[C@@H]12.C=C(C)[C@@H]1CC[C@]2(NCCN3CCOCC3)CC[C@]3(C)[C@H](CC[C@@H]4[C@@]5(C)CC=C(c6ccc(C(=O)O)c(F)c6)C(C)(C)[C@@H]5CC[C@]43C)[C@@H]12.C=C(C)[C@@H]1CC[C@]2(NCCN3CCOCC3)CC[C@]3(C)[C@H](CC[C@@H]4[C@@]5(C)CC=C(c6ccc(C(=O)OC)c(F)c6)C(C)(C)[C@@H]5CC[C@]43C)[C@@H]12.ClCCN1CCOCC1.O=C=O.[Na+].[OH-]. The number of aromatic carboxylic acids is 1. The summed E-state index contributed by atoms with van der Waals surface area (Å²) in [6, 6.07) is 15.7. The largest absolute Gasteiger partial charge is 1.00 e. The van der Waals surface area contributed by atoms with Crippen LogP contribution < -0.4 is 45.9 Å². The number of nitrogens with one attached hydrogen (secondary N) is 2. The first-order valence-corrected chi connectivity index (χ1v) is 58.5. The number of morpholine rings is 3. The van der Waals surface area contributed by atoms with Crippen molar-refractivity contribution in [1.82, 2.24) is 25.3 Å². The Bertz CT molecular complexity index is 5500. The Hall–Kier alpha value is -4.90. The van der Waals surface area contributed by atoms with Crippen LogP contribution >= 0.6 is 11.6 Å². The zero-order chi connectivity index (χ0) is 106. The number of allylic oxidation sites excluding steroid dienone is 9. The molecule has 27 atom stereocenters. The molecule has 3 aliphatic heterocycles. The summed E-state index contributed by atoms with van der Waals surface area (Å²) in [6.45, 7) is 77.8. The molecule has 12 saturated carbocycles. The number of hydrogen-bond acceptors (Lipinski definition) is 15. The van der Waals surface area contributed by atoms with Crippen LogP contribution in [-0.2, 0) is 28.5 Å². The van der Waals surface area contributed by atoms with Crippen molar-refractivity contribution < 1.29 is 91.4 Å². The molecule has 0 spiro atoms. The molecule has 0 radical (unpaired) electrons.